The van der Waals surface area contributed by atoms with Crippen molar-refractivity contribution in [3.8, 4) is 0 Å². The lowest BCUT2D eigenvalue weighted by Crippen LogP contribution is -2.09. The average Bonchev–Trinajstić information content (AvgIpc) is 2.36. The maximum Gasteiger partial charge on any atom is 0.224 e. The summed E-state index contributed by atoms with van der Waals surface area (Å²) < 4.78 is 0. The summed E-state index contributed by atoms with van der Waals surface area (Å²) in [7, 11) is 0. The zero-order valence-electron chi connectivity index (χ0n) is 9.50. The number of amides is 1. The average molecular weight is 234 g/mol. The quantitative estimate of drug-likeness (QED) is 0.464. The lowest BCUT2D eigenvalue weighted by atomic mass is 10.1. The molecule has 90 valence electrons. The first-order valence-electron chi connectivity index (χ1n) is 5.26. The van der Waals surface area contributed by atoms with Crippen LogP contribution in [-0.4, -0.2) is 17.6 Å². The van der Waals surface area contributed by atoms with E-state index in [-0.39, 0.29) is 12.5 Å². The van der Waals surface area contributed by atoms with Crippen LogP contribution >= 0.6 is 0 Å². The van der Waals surface area contributed by atoms with Crippen molar-refractivity contribution < 1.29 is 9.90 Å². The molecule has 0 aliphatic rings. The molecule has 0 aliphatic carbocycles. The molecule has 0 fully saturated rings. The van der Waals surface area contributed by atoms with Gasteiger partial charge >= 0.3 is 0 Å². The van der Waals surface area contributed by atoms with Crippen LogP contribution in [0, 0.1) is 0 Å². The van der Waals surface area contributed by atoms with E-state index in [0.717, 1.165) is 0 Å². The monoisotopic (exact) mass is 234 g/mol. The van der Waals surface area contributed by atoms with Crippen LogP contribution in [0.1, 0.15) is 25.0 Å². The minimum absolute atomic E-state index is 0.00281. The number of aliphatic hydroxyl groups excluding tert-OH is 1. The maximum atomic E-state index is 11.1. The standard InChI is InChI=1S/C11H14N4O2/c1-2-11(17)14-9-5-3-8(4-6-9)10(16)7-13-15-12/h3-6,10,16H,2,7H2,1H3,(H,14,17). The molecule has 1 amide bonds. The van der Waals surface area contributed by atoms with Gasteiger partial charge in [-0.25, -0.2) is 0 Å². The molecule has 0 saturated heterocycles. The highest BCUT2D eigenvalue weighted by molar-refractivity contribution is 5.90. The van der Waals surface area contributed by atoms with Crippen molar-refractivity contribution in [1.29, 1.82) is 0 Å². The van der Waals surface area contributed by atoms with Crippen molar-refractivity contribution in [2.45, 2.75) is 19.4 Å². The minimum Gasteiger partial charge on any atom is -0.388 e. The van der Waals surface area contributed by atoms with Gasteiger partial charge in [-0.1, -0.05) is 24.2 Å². The summed E-state index contributed by atoms with van der Waals surface area (Å²) >= 11 is 0. The van der Waals surface area contributed by atoms with E-state index < -0.39 is 6.10 Å². The molecule has 0 spiro atoms. The van der Waals surface area contributed by atoms with Crippen molar-refractivity contribution >= 4 is 11.6 Å². The molecule has 0 aromatic heterocycles. The fraction of sp³-hybridized carbons (Fsp3) is 0.364. The van der Waals surface area contributed by atoms with E-state index >= 15 is 0 Å². The van der Waals surface area contributed by atoms with Gasteiger partial charge in [-0.3, -0.25) is 4.79 Å². The predicted octanol–water partition coefficient (Wildman–Crippen LogP) is 2.38. The number of nitrogens with one attached hydrogen (secondary N) is 1. The number of hydrogen-bond acceptors (Lipinski definition) is 3. The number of carbonyl (C=O) groups is 1. The smallest absolute Gasteiger partial charge is 0.224 e. The van der Waals surface area contributed by atoms with Gasteiger partial charge in [0.1, 0.15) is 0 Å². The fourth-order valence-corrected chi connectivity index (χ4v) is 1.26. The van der Waals surface area contributed by atoms with Crippen molar-refractivity contribution in [2.75, 3.05) is 11.9 Å². The van der Waals surface area contributed by atoms with Crippen LogP contribution in [0.4, 0.5) is 5.69 Å². The molecule has 6 heteroatoms. The fourth-order valence-electron chi connectivity index (χ4n) is 1.26. The molecular formula is C11H14N4O2. The third-order valence-corrected chi connectivity index (χ3v) is 2.22. The first-order valence-corrected chi connectivity index (χ1v) is 5.26. The normalized spacial score (nSPS) is 11.4. The number of aliphatic hydroxyl groups is 1. The van der Waals surface area contributed by atoms with E-state index in [9.17, 15) is 9.90 Å². The van der Waals surface area contributed by atoms with Crippen molar-refractivity contribution in [3.63, 3.8) is 0 Å². The molecule has 17 heavy (non-hydrogen) atoms. The van der Waals surface area contributed by atoms with E-state index in [4.69, 9.17) is 5.53 Å². The largest absolute Gasteiger partial charge is 0.388 e. The molecule has 0 aliphatic heterocycles. The Balaban J connectivity index is 2.67. The maximum absolute atomic E-state index is 11.1. The van der Waals surface area contributed by atoms with Crippen LogP contribution in [0.25, 0.3) is 10.4 Å². The van der Waals surface area contributed by atoms with Gasteiger partial charge in [0, 0.05) is 17.0 Å². The predicted molar refractivity (Wildman–Crippen MR) is 64.3 cm³/mol. The van der Waals surface area contributed by atoms with E-state index in [1.54, 1.807) is 31.2 Å². The van der Waals surface area contributed by atoms with Gasteiger partial charge < -0.3 is 10.4 Å². The zero-order valence-corrected chi connectivity index (χ0v) is 9.50. The number of benzene rings is 1. The van der Waals surface area contributed by atoms with Gasteiger partial charge in [-0.2, -0.15) is 0 Å². The Morgan fingerprint density at radius 1 is 1.53 bits per heavy atom. The molecule has 1 aromatic rings. The lowest BCUT2D eigenvalue weighted by Gasteiger charge is -2.09. The Morgan fingerprint density at radius 2 is 2.18 bits per heavy atom. The summed E-state index contributed by atoms with van der Waals surface area (Å²) in [6.45, 7) is 1.77. The third-order valence-electron chi connectivity index (χ3n) is 2.22. The van der Waals surface area contributed by atoms with Gasteiger partial charge in [0.05, 0.1) is 12.6 Å². The number of rotatable bonds is 5. The Hall–Kier alpha value is -2.04. The summed E-state index contributed by atoms with van der Waals surface area (Å²) in [5.74, 6) is -0.0626. The molecule has 0 bridgehead atoms. The molecule has 0 saturated carbocycles. The summed E-state index contributed by atoms with van der Waals surface area (Å²) in [6.07, 6.45) is -0.400. The zero-order chi connectivity index (χ0) is 12.7. The Kier molecular flexibility index (Phi) is 5.00. The van der Waals surface area contributed by atoms with Gasteiger partial charge in [-0.05, 0) is 23.2 Å². The van der Waals surface area contributed by atoms with Gasteiger partial charge in [0.25, 0.3) is 0 Å². The number of hydrogen-bond donors (Lipinski definition) is 2. The Labute approximate surface area is 98.9 Å². The van der Waals surface area contributed by atoms with Crippen LogP contribution in [0.5, 0.6) is 0 Å². The third kappa shape index (κ3) is 4.14. The van der Waals surface area contributed by atoms with Crippen LogP contribution in [-0.2, 0) is 4.79 Å². The van der Waals surface area contributed by atoms with Crippen molar-refractivity contribution in [2.24, 2.45) is 5.11 Å². The van der Waals surface area contributed by atoms with E-state index in [1.807, 2.05) is 0 Å². The molecule has 2 N–H and O–H groups in total. The van der Waals surface area contributed by atoms with Crippen LogP contribution < -0.4 is 5.32 Å². The lowest BCUT2D eigenvalue weighted by molar-refractivity contribution is -0.115. The highest BCUT2D eigenvalue weighted by atomic mass is 16.3. The summed E-state index contributed by atoms with van der Waals surface area (Å²) in [6, 6.07) is 6.76. The highest BCUT2D eigenvalue weighted by Gasteiger charge is 2.06. The van der Waals surface area contributed by atoms with Crippen molar-refractivity contribution in [3.05, 3.63) is 40.3 Å². The molecule has 1 aromatic carbocycles. The first-order chi connectivity index (χ1) is 8.17. The Morgan fingerprint density at radius 3 is 2.71 bits per heavy atom. The van der Waals surface area contributed by atoms with E-state index in [0.29, 0.717) is 17.7 Å². The molecule has 1 atom stereocenters. The van der Waals surface area contributed by atoms with Crippen LogP contribution in [0.2, 0.25) is 0 Å². The number of azide groups is 1. The summed E-state index contributed by atoms with van der Waals surface area (Å²) in [5.41, 5.74) is 9.45. The molecule has 0 heterocycles. The summed E-state index contributed by atoms with van der Waals surface area (Å²) in [5, 5.41) is 15.6. The molecule has 6 nitrogen and oxygen atoms in total. The minimum atomic E-state index is -0.818. The molecule has 0 radical (unpaired) electrons. The number of anilines is 1. The number of nitrogens with zero attached hydrogens (tertiary/aromatic N) is 3. The second-order valence-corrected chi connectivity index (χ2v) is 3.45. The number of carbonyl (C=O) groups excluding carboxylic acids is 1. The van der Waals surface area contributed by atoms with Crippen LogP contribution in [0.3, 0.4) is 0 Å². The second-order valence-electron chi connectivity index (χ2n) is 3.45. The molecular weight excluding hydrogens is 220 g/mol. The summed E-state index contributed by atoms with van der Waals surface area (Å²) in [4.78, 5) is 13.7. The van der Waals surface area contributed by atoms with E-state index in [1.165, 1.54) is 0 Å². The van der Waals surface area contributed by atoms with Gasteiger partial charge in [0.2, 0.25) is 5.91 Å². The van der Waals surface area contributed by atoms with Gasteiger partial charge in [-0.15, -0.1) is 0 Å². The van der Waals surface area contributed by atoms with E-state index in [2.05, 4.69) is 15.3 Å². The van der Waals surface area contributed by atoms with Gasteiger partial charge in [0.15, 0.2) is 0 Å². The SMILES string of the molecule is CCC(=O)Nc1ccc(C(O)CN=[N+]=[N-])cc1. The van der Waals surface area contributed by atoms with Crippen LogP contribution in [0.15, 0.2) is 29.4 Å². The van der Waals surface area contributed by atoms with Crippen molar-refractivity contribution in [1.82, 2.24) is 0 Å². The topological polar surface area (TPSA) is 98.1 Å². The molecule has 1 unspecified atom stereocenters. The molecule has 1 rings (SSSR count). The second kappa shape index (κ2) is 6.52. The Bertz CT molecular complexity index is 424. The highest BCUT2D eigenvalue weighted by Crippen LogP contribution is 2.16. The first kappa shape index (κ1) is 13.0.